The highest BCUT2D eigenvalue weighted by atomic mass is 19.4. The number of halogens is 4. The molecule has 4 N–H and O–H groups in total. The number of nitrogens with zero attached hydrogens (tertiary/aromatic N) is 1. The van der Waals surface area contributed by atoms with Crippen molar-refractivity contribution >= 4 is 35.9 Å². The zero-order valence-corrected chi connectivity index (χ0v) is 35.7. The van der Waals surface area contributed by atoms with Crippen LogP contribution in [-0.2, 0) is 42.8 Å². The molecule has 2 bridgehead atoms. The van der Waals surface area contributed by atoms with Gasteiger partial charge in [-0.2, -0.15) is 13.2 Å². The van der Waals surface area contributed by atoms with Crippen molar-refractivity contribution in [1.82, 2.24) is 10.2 Å². The number of carbonyl (C=O) groups excluding carboxylic acids is 6. The van der Waals surface area contributed by atoms with E-state index >= 15 is 4.79 Å². The van der Waals surface area contributed by atoms with Gasteiger partial charge in [0.05, 0.1) is 29.6 Å². The molecule has 0 aromatic heterocycles. The highest BCUT2D eigenvalue weighted by Crippen LogP contribution is 2.64. The fourth-order valence-corrected chi connectivity index (χ4v) is 9.22. The second-order valence-electron chi connectivity index (χ2n) is 18.1. The molecule has 21 heteroatoms. The van der Waals surface area contributed by atoms with Gasteiger partial charge in [0.25, 0.3) is 0 Å². The molecule has 1 aliphatic heterocycles. The van der Waals surface area contributed by atoms with E-state index in [-0.39, 0.29) is 17.6 Å². The lowest BCUT2D eigenvalue weighted by molar-refractivity contribution is -0.346. The minimum Gasteiger partial charge on any atom is -0.456 e. The van der Waals surface area contributed by atoms with Crippen molar-refractivity contribution in [3.8, 4) is 0 Å². The van der Waals surface area contributed by atoms with Crippen LogP contribution in [0.4, 0.5) is 27.2 Å². The van der Waals surface area contributed by atoms with E-state index in [0.717, 1.165) is 24.0 Å². The van der Waals surface area contributed by atoms with Crippen molar-refractivity contribution in [2.24, 2.45) is 16.7 Å². The topological polar surface area (TPSA) is 234 Å². The summed E-state index contributed by atoms with van der Waals surface area (Å²) in [5, 5.41) is 37.8. The van der Waals surface area contributed by atoms with E-state index in [1.165, 1.54) is 80.0 Å². The van der Waals surface area contributed by atoms with Gasteiger partial charge in [-0.15, -0.1) is 0 Å². The molecule has 3 aliphatic carbocycles. The molecule has 1 heterocycles. The molecule has 1 aromatic rings. The van der Waals surface area contributed by atoms with Crippen LogP contribution in [0.15, 0.2) is 35.4 Å². The quantitative estimate of drug-likeness (QED) is 0.127. The van der Waals surface area contributed by atoms with Crippen LogP contribution in [0.1, 0.15) is 78.6 Å². The Bertz CT molecular complexity index is 2030. The number of amides is 2. The van der Waals surface area contributed by atoms with E-state index in [0.29, 0.717) is 0 Å². The molecular formula is C41H52F4N2O15. The maximum atomic E-state index is 15.5. The first-order valence-electron chi connectivity index (χ1n) is 19.6. The van der Waals surface area contributed by atoms with E-state index in [1.54, 1.807) is 0 Å². The van der Waals surface area contributed by atoms with Gasteiger partial charge >= 0.3 is 36.3 Å². The number of hydrogen-bond donors (Lipinski definition) is 4. The molecule has 5 rings (SSSR count). The van der Waals surface area contributed by atoms with E-state index in [2.05, 4.69) is 0 Å². The molecule has 0 radical (unpaired) electrons. The zero-order valence-electron chi connectivity index (χ0n) is 35.7. The summed E-state index contributed by atoms with van der Waals surface area (Å²) >= 11 is 0. The number of Topliss-reactive ketones (excluding diaryl/α,β-unsaturated/α-hetero) is 1. The van der Waals surface area contributed by atoms with E-state index in [1.807, 2.05) is 0 Å². The standard InChI is InChI=1S/C41H52F4N2O15/c1-18-22(58-33(53)26(50)29(41(43,44)45)46-34(54)62-36(3,4)5)16-40(56)31(60-32(52)20-12-11-13-21(42)14-20)28-38(8,23(49)15-24-39(28,17-57-24)61-19(2)48)30(51)27(25(18)37(40,6)7)59-35(55)47(9)10/h11-14,22-24,26-29,31,49-50,56H,15-17H2,1-10H3,(H,46,54)/t22-,23-,24+,26+,27+,28-,29+,31-,38+,39-,40+/m0/s1. The molecular weight excluding hydrogens is 836 g/mol. The smallest absolute Gasteiger partial charge is 0.411 e. The summed E-state index contributed by atoms with van der Waals surface area (Å²) in [7, 11) is 2.56. The number of esters is 3. The summed E-state index contributed by atoms with van der Waals surface area (Å²) in [6, 6.07) is 0.878. The molecule has 62 heavy (non-hydrogen) atoms. The van der Waals surface area contributed by atoms with E-state index < -0.39 is 143 Å². The first-order chi connectivity index (χ1) is 28.3. The maximum absolute atomic E-state index is 15.5. The second-order valence-corrected chi connectivity index (χ2v) is 18.1. The molecule has 1 aromatic carbocycles. The summed E-state index contributed by atoms with van der Waals surface area (Å²) in [4.78, 5) is 83.0. The van der Waals surface area contributed by atoms with Crippen LogP contribution in [-0.4, -0.2) is 142 Å². The van der Waals surface area contributed by atoms with Gasteiger partial charge in [-0.3, -0.25) is 9.59 Å². The van der Waals surface area contributed by atoms with Crippen LogP contribution in [0.3, 0.4) is 0 Å². The minimum atomic E-state index is -5.48. The molecule has 0 unspecified atom stereocenters. The van der Waals surface area contributed by atoms with Crippen LogP contribution >= 0.6 is 0 Å². The van der Waals surface area contributed by atoms with Crippen LogP contribution in [0.5, 0.6) is 0 Å². The van der Waals surface area contributed by atoms with Gasteiger partial charge in [0.1, 0.15) is 35.3 Å². The summed E-state index contributed by atoms with van der Waals surface area (Å²) < 4.78 is 91.6. The van der Waals surface area contributed by atoms with Crippen molar-refractivity contribution < 1.29 is 90.1 Å². The zero-order chi connectivity index (χ0) is 46.9. The minimum absolute atomic E-state index is 0.170. The van der Waals surface area contributed by atoms with Crippen molar-refractivity contribution in [2.75, 3.05) is 20.7 Å². The van der Waals surface area contributed by atoms with Crippen molar-refractivity contribution in [3.05, 3.63) is 46.8 Å². The fourth-order valence-electron chi connectivity index (χ4n) is 9.22. The Hall–Kier alpha value is -4.86. The fraction of sp³-hybridized carbons (Fsp3) is 0.659. The van der Waals surface area contributed by atoms with Crippen LogP contribution in [0, 0.1) is 22.6 Å². The first-order valence-corrected chi connectivity index (χ1v) is 19.6. The Morgan fingerprint density at radius 2 is 1.66 bits per heavy atom. The van der Waals surface area contributed by atoms with Gasteiger partial charge in [-0.1, -0.05) is 19.9 Å². The van der Waals surface area contributed by atoms with Gasteiger partial charge < -0.3 is 54.0 Å². The van der Waals surface area contributed by atoms with Crippen LogP contribution in [0.25, 0.3) is 0 Å². The monoisotopic (exact) mass is 888 g/mol. The summed E-state index contributed by atoms with van der Waals surface area (Å²) in [5.74, 6) is -7.98. The molecule has 17 nitrogen and oxygen atoms in total. The first kappa shape index (κ1) is 48.2. The number of carbonyl (C=O) groups is 6. The largest absolute Gasteiger partial charge is 0.456 e. The van der Waals surface area contributed by atoms with Crippen molar-refractivity contribution in [3.63, 3.8) is 0 Å². The number of rotatable bonds is 8. The molecule has 344 valence electrons. The van der Waals surface area contributed by atoms with Gasteiger partial charge in [0.2, 0.25) is 0 Å². The average Bonchev–Trinajstić information content (AvgIpc) is 3.13. The van der Waals surface area contributed by atoms with Crippen molar-refractivity contribution in [2.45, 2.75) is 134 Å². The molecule has 3 fully saturated rings. The number of ether oxygens (including phenoxy) is 6. The third kappa shape index (κ3) is 8.35. The number of aliphatic hydroxyl groups is 3. The Morgan fingerprint density at radius 3 is 2.18 bits per heavy atom. The summed E-state index contributed by atoms with van der Waals surface area (Å²) in [5.41, 5.74) is -11.1. The lowest BCUT2D eigenvalue weighted by Gasteiger charge is -2.67. The van der Waals surface area contributed by atoms with Gasteiger partial charge in [-0.25, -0.2) is 23.6 Å². The predicted molar refractivity (Wildman–Crippen MR) is 202 cm³/mol. The Kier molecular flexibility index (Phi) is 12.7. The van der Waals surface area contributed by atoms with Gasteiger partial charge in [0, 0.05) is 39.3 Å². The van der Waals surface area contributed by atoms with E-state index in [9.17, 15) is 56.9 Å². The normalized spacial score (nSPS) is 32.5. The third-order valence-corrected chi connectivity index (χ3v) is 12.4. The number of nitrogens with one attached hydrogen (secondary N) is 1. The highest BCUT2D eigenvalue weighted by molar-refractivity contribution is 5.95. The number of ketones is 1. The number of fused-ring (bicyclic) bond motifs is 5. The number of alkyl carbamates (subject to hydrolysis) is 1. The third-order valence-electron chi connectivity index (χ3n) is 12.4. The summed E-state index contributed by atoms with van der Waals surface area (Å²) in [6.45, 7) is 9.80. The molecule has 11 atom stereocenters. The molecule has 0 spiro atoms. The summed E-state index contributed by atoms with van der Waals surface area (Å²) in [6.07, 6.45) is -21.8. The maximum Gasteiger partial charge on any atom is 0.411 e. The van der Waals surface area contributed by atoms with Crippen LogP contribution in [0.2, 0.25) is 0 Å². The molecule has 1 saturated heterocycles. The molecule has 4 aliphatic rings. The predicted octanol–water partition coefficient (Wildman–Crippen LogP) is 3.29. The van der Waals surface area contributed by atoms with E-state index in [4.69, 9.17) is 28.4 Å². The Labute approximate surface area is 353 Å². The second kappa shape index (κ2) is 16.4. The Morgan fingerprint density at radius 1 is 1.03 bits per heavy atom. The average molecular weight is 889 g/mol. The number of alkyl halides is 3. The number of hydrogen-bond acceptors (Lipinski definition) is 15. The SMILES string of the molecule is CC(=O)O[C@@]12CO[C@@H]1C[C@H](O)[C@@]1(C)C(=O)[C@H](OC(=O)N(C)C)C3=C(C)[C@@H](OC(=O)[C@H](O)[C@@H](NC(=O)OC(C)(C)C)C(F)(F)F)C[C@@](O)([C@@H](OC(=O)c4cccc(F)c4)[C@H]21)C3(C)C. The van der Waals surface area contributed by atoms with Crippen molar-refractivity contribution in [1.29, 1.82) is 0 Å². The lowest BCUT2D eigenvalue weighted by atomic mass is 9.44. The molecule has 2 amide bonds. The number of aliphatic hydroxyl groups excluding tert-OH is 2. The van der Waals surface area contributed by atoms with Gasteiger partial charge in [-0.05, 0) is 64.0 Å². The molecule has 2 saturated carbocycles. The Balaban J connectivity index is 1.77. The number of benzene rings is 1. The highest BCUT2D eigenvalue weighted by Gasteiger charge is 2.78. The lowest BCUT2D eigenvalue weighted by Crippen LogP contribution is -2.82. The van der Waals surface area contributed by atoms with Gasteiger partial charge in [0.15, 0.2) is 29.6 Å². The van der Waals surface area contributed by atoms with Crippen LogP contribution < -0.4 is 5.32 Å².